The van der Waals surface area contributed by atoms with Crippen molar-refractivity contribution in [1.82, 2.24) is 0 Å². The Hall–Kier alpha value is -0.830. The van der Waals surface area contributed by atoms with Gasteiger partial charge in [-0.15, -0.1) is 0 Å². The van der Waals surface area contributed by atoms with Crippen LogP contribution in [0.25, 0.3) is 0 Å². The van der Waals surface area contributed by atoms with Gasteiger partial charge in [-0.1, -0.05) is 31.7 Å². The van der Waals surface area contributed by atoms with Gasteiger partial charge in [-0.3, -0.25) is 4.21 Å². The molecule has 0 bridgehead atoms. The molecule has 0 heterocycles. The van der Waals surface area contributed by atoms with Crippen LogP contribution in [-0.2, 0) is 10.8 Å². The highest BCUT2D eigenvalue weighted by Gasteiger charge is 2.21. The van der Waals surface area contributed by atoms with Crippen molar-refractivity contribution in [3.63, 3.8) is 0 Å². The fourth-order valence-electron chi connectivity index (χ4n) is 2.47. The molecule has 1 aromatic rings. The lowest BCUT2D eigenvalue weighted by Crippen LogP contribution is -2.15. The zero-order valence-electron chi connectivity index (χ0n) is 10.4. The lowest BCUT2D eigenvalue weighted by atomic mass is 10.2. The van der Waals surface area contributed by atoms with E-state index in [9.17, 15) is 4.21 Å². The molecular formula is C14H21NOS. The van der Waals surface area contributed by atoms with Crippen molar-refractivity contribution >= 4 is 16.5 Å². The van der Waals surface area contributed by atoms with Crippen LogP contribution in [0.15, 0.2) is 23.1 Å². The van der Waals surface area contributed by atoms with Gasteiger partial charge in [-0.25, -0.2) is 0 Å². The molecule has 0 amide bonds. The Balaban J connectivity index is 2.20. The maximum absolute atomic E-state index is 12.6. The molecule has 1 fully saturated rings. The van der Waals surface area contributed by atoms with Gasteiger partial charge in [0.05, 0.1) is 10.8 Å². The minimum Gasteiger partial charge on any atom is -0.399 e. The third-order valence-corrected chi connectivity index (χ3v) is 5.48. The summed E-state index contributed by atoms with van der Waals surface area (Å²) in [6.45, 7) is 2.02. The highest BCUT2D eigenvalue weighted by atomic mass is 32.2. The van der Waals surface area contributed by atoms with E-state index < -0.39 is 10.8 Å². The summed E-state index contributed by atoms with van der Waals surface area (Å²) in [7, 11) is -0.883. The summed E-state index contributed by atoms with van der Waals surface area (Å²) in [6.07, 6.45) is 7.23. The molecule has 1 saturated carbocycles. The highest BCUT2D eigenvalue weighted by molar-refractivity contribution is 7.85. The summed E-state index contributed by atoms with van der Waals surface area (Å²) >= 11 is 0. The van der Waals surface area contributed by atoms with Gasteiger partial charge in [-0.2, -0.15) is 0 Å². The average molecular weight is 251 g/mol. The highest BCUT2D eigenvalue weighted by Crippen LogP contribution is 2.27. The van der Waals surface area contributed by atoms with Crippen LogP contribution in [0.1, 0.15) is 44.1 Å². The molecule has 1 aliphatic rings. The summed E-state index contributed by atoms with van der Waals surface area (Å²) in [5.74, 6) is 0. The smallest absolute Gasteiger partial charge is 0.0564 e. The van der Waals surface area contributed by atoms with Gasteiger partial charge in [0.2, 0.25) is 0 Å². The number of benzene rings is 1. The van der Waals surface area contributed by atoms with E-state index in [1.165, 1.54) is 25.7 Å². The summed E-state index contributed by atoms with van der Waals surface area (Å²) in [4.78, 5) is 0.942. The average Bonchev–Trinajstić information content (AvgIpc) is 2.60. The number of anilines is 1. The number of nitrogen functional groups attached to an aromatic ring is 1. The number of hydrogen-bond acceptors (Lipinski definition) is 2. The summed E-state index contributed by atoms with van der Waals surface area (Å²) < 4.78 is 12.6. The number of hydrogen-bond donors (Lipinski definition) is 1. The second-order valence-electron chi connectivity index (χ2n) is 4.94. The molecule has 1 aliphatic carbocycles. The van der Waals surface area contributed by atoms with Gasteiger partial charge < -0.3 is 5.73 Å². The summed E-state index contributed by atoms with van der Waals surface area (Å²) in [5, 5.41) is 0.331. The second-order valence-corrected chi connectivity index (χ2v) is 6.64. The molecule has 2 nitrogen and oxygen atoms in total. The topological polar surface area (TPSA) is 43.1 Å². The molecule has 2 N–H and O–H groups in total. The lowest BCUT2D eigenvalue weighted by molar-refractivity contribution is 0.642. The predicted molar refractivity (Wildman–Crippen MR) is 73.5 cm³/mol. The summed E-state index contributed by atoms with van der Waals surface area (Å²) in [6, 6.07) is 5.73. The molecule has 0 saturated heterocycles. The van der Waals surface area contributed by atoms with Crippen molar-refractivity contribution in [2.24, 2.45) is 0 Å². The van der Waals surface area contributed by atoms with E-state index in [0.717, 1.165) is 23.3 Å². The number of aryl methyl sites for hydroxylation is 1. The van der Waals surface area contributed by atoms with Gasteiger partial charge in [0.15, 0.2) is 0 Å². The largest absolute Gasteiger partial charge is 0.399 e. The number of nitrogens with two attached hydrogens (primary N) is 1. The van der Waals surface area contributed by atoms with E-state index in [2.05, 4.69) is 0 Å². The van der Waals surface area contributed by atoms with Crippen molar-refractivity contribution in [3.05, 3.63) is 23.8 Å². The van der Waals surface area contributed by atoms with Crippen LogP contribution in [0, 0.1) is 6.92 Å². The van der Waals surface area contributed by atoms with Crippen LogP contribution in [0.3, 0.4) is 0 Å². The normalized spacial score (nSPS) is 19.8. The fourth-order valence-corrected chi connectivity index (χ4v) is 4.23. The molecule has 2 rings (SSSR count). The monoisotopic (exact) mass is 251 g/mol. The van der Waals surface area contributed by atoms with Gasteiger partial charge in [0.1, 0.15) is 0 Å². The summed E-state index contributed by atoms with van der Waals surface area (Å²) in [5.41, 5.74) is 7.61. The first-order valence-electron chi connectivity index (χ1n) is 6.45. The van der Waals surface area contributed by atoms with Gasteiger partial charge >= 0.3 is 0 Å². The molecule has 0 spiro atoms. The zero-order chi connectivity index (χ0) is 12.3. The molecule has 0 aromatic heterocycles. The van der Waals surface area contributed by atoms with Crippen molar-refractivity contribution in [2.45, 2.75) is 55.6 Å². The molecule has 0 aliphatic heterocycles. The Morgan fingerprint density at radius 3 is 2.47 bits per heavy atom. The van der Waals surface area contributed by atoms with Crippen molar-refractivity contribution in [2.75, 3.05) is 5.73 Å². The minimum atomic E-state index is -0.883. The molecule has 94 valence electrons. The molecule has 1 aromatic carbocycles. The van der Waals surface area contributed by atoms with Gasteiger partial charge in [0, 0.05) is 15.8 Å². The maximum atomic E-state index is 12.6. The standard InChI is InChI=1S/C14H21NOS/c1-11-8-9-12(15)10-14(11)17(16)13-6-4-2-3-5-7-13/h8-10,13H,2-7,15H2,1H3. The predicted octanol–water partition coefficient (Wildman–Crippen LogP) is 3.41. The molecule has 3 heteroatoms. The molecule has 17 heavy (non-hydrogen) atoms. The second kappa shape index (κ2) is 5.67. The van der Waals surface area contributed by atoms with E-state index in [4.69, 9.17) is 5.73 Å². The van der Waals surface area contributed by atoms with Crippen LogP contribution >= 0.6 is 0 Å². The maximum Gasteiger partial charge on any atom is 0.0564 e. The van der Waals surface area contributed by atoms with Crippen LogP contribution < -0.4 is 5.73 Å². The minimum absolute atomic E-state index is 0.331. The van der Waals surface area contributed by atoms with Gasteiger partial charge in [0.25, 0.3) is 0 Å². The van der Waals surface area contributed by atoms with Crippen LogP contribution in [0.2, 0.25) is 0 Å². The first-order valence-corrected chi connectivity index (χ1v) is 7.66. The first kappa shape index (κ1) is 12.6. The van der Waals surface area contributed by atoms with Crippen LogP contribution in [0.4, 0.5) is 5.69 Å². The molecular weight excluding hydrogens is 230 g/mol. The Morgan fingerprint density at radius 2 is 1.82 bits per heavy atom. The SMILES string of the molecule is Cc1ccc(N)cc1S(=O)C1CCCCCC1. The van der Waals surface area contributed by atoms with Crippen LogP contribution in [-0.4, -0.2) is 9.46 Å². The molecule has 1 unspecified atom stereocenters. The fraction of sp³-hybridized carbons (Fsp3) is 0.571. The van der Waals surface area contributed by atoms with E-state index in [0.29, 0.717) is 10.9 Å². The molecule has 1 atom stereocenters. The van der Waals surface area contributed by atoms with Crippen LogP contribution in [0.5, 0.6) is 0 Å². The van der Waals surface area contributed by atoms with Gasteiger partial charge in [-0.05, 0) is 37.5 Å². The quantitative estimate of drug-likeness (QED) is 0.646. The van der Waals surface area contributed by atoms with Crippen molar-refractivity contribution < 1.29 is 4.21 Å². The Labute approximate surface area is 106 Å². The molecule has 0 radical (unpaired) electrons. The van der Waals surface area contributed by atoms with E-state index >= 15 is 0 Å². The van der Waals surface area contributed by atoms with E-state index in [1.54, 1.807) is 0 Å². The third-order valence-electron chi connectivity index (χ3n) is 3.53. The van der Waals surface area contributed by atoms with E-state index in [1.807, 2.05) is 25.1 Å². The van der Waals surface area contributed by atoms with Crippen molar-refractivity contribution in [1.29, 1.82) is 0 Å². The third kappa shape index (κ3) is 3.09. The first-order chi connectivity index (χ1) is 8.18. The Bertz CT molecular complexity index is 409. The Kier molecular flexibility index (Phi) is 4.21. The van der Waals surface area contributed by atoms with Crippen molar-refractivity contribution in [3.8, 4) is 0 Å². The lowest BCUT2D eigenvalue weighted by Gasteiger charge is -2.15. The van der Waals surface area contributed by atoms with E-state index in [-0.39, 0.29) is 0 Å². The Morgan fingerprint density at radius 1 is 1.18 bits per heavy atom. The zero-order valence-corrected chi connectivity index (χ0v) is 11.3. The number of rotatable bonds is 2.